The topological polar surface area (TPSA) is 41.6 Å². The molecule has 13 heavy (non-hydrogen) atoms. The lowest BCUT2D eigenvalue weighted by molar-refractivity contribution is -0.137. The van der Waals surface area contributed by atoms with Gasteiger partial charge in [-0.2, -0.15) is 0 Å². The largest absolute Gasteiger partial charge is 0.379 e. The van der Waals surface area contributed by atoms with Crippen LogP contribution in [0.3, 0.4) is 0 Å². The van der Waals surface area contributed by atoms with Crippen LogP contribution in [0.15, 0.2) is 0 Å². The van der Waals surface area contributed by atoms with Crippen LogP contribution in [0, 0.1) is 0 Å². The number of hydrogen-bond acceptors (Lipinski definition) is 3. The second-order valence-corrected chi connectivity index (χ2v) is 3.80. The van der Waals surface area contributed by atoms with Crippen molar-refractivity contribution in [1.29, 1.82) is 0 Å². The molecule has 2 aliphatic heterocycles. The summed E-state index contributed by atoms with van der Waals surface area (Å²) in [4.78, 5) is 13.6. The number of piperazine rings is 1. The molecule has 2 rings (SSSR count). The SMILES string of the molecule is C[C@@H]1CNCC(=O)N1[C@H]1CCOC1. The molecule has 2 aliphatic rings. The highest BCUT2D eigenvalue weighted by atomic mass is 16.5. The Kier molecular flexibility index (Phi) is 2.51. The molecule has 0 aromatic heterocycles. The minimum Gasteiger partial charge on any atom is -0.379 e. The van der Waals surface area contributed by atoms with Crippen LogP contribution in [-0.4, -0.2) is 49.2 Å². The van der Waals surface area contributed by atoms with Crippen LogP contribution < -0.4 is 5.32 Å². The predicted molar refractivity (Wildman–Crippen MR) is 48.4 cm³/mol. The minimum atomic E-state index is 0.217. The van der Waals surface area contributed by atoms with E-state index in [1.807, 2.05) is 4.90 Å². The van der Waals surface area contributed by atoms with Crippen LogP contribution in [0.5, 0.6) is 0 Å². The first-order valence-corrected chi connectivity index (χ1v) is 4.88. The summed E-state index contributed by atoms with van der Waals surface area (Å²) >= 11 is 0. The van der Waals surface area contributed by atoms with E-state index < -0.39 is 0 Å². The number of ether oxygens (including phenoxy) is 1. The average Bonchev–Trinajstić information content (AvgIpc) is 2.57. The third-order valence-corrected chi connectivity index (χ3v) is 2.78. The fourth-order valence-corrected chi connectivity index (χ4v) is 2.13. The monoisotopic (exact) mass is 184 g/mol. The van der Waals surface area contributed by atoms with Crippen molar-refractivity contribution in [2.75, 3.05) is 26.3 Å². The van der Waals surface area contributed by atoms with Gasteiger partial charge in [0.2, 0.25) is 5.91 Å². The second kappa shape index (κ2) is 3.64. The molecule has 1 amide bonds. The molecule has 0 radical (unpaired) electrons. The summed E-state index contributed by atoms with van der Waals surface area (Å²) in [5, 5.41) is 3.11. The average molecular weight is 184 g/mol. The van der Waals surface area contributed by atoms with Gasteiger partial charge in [-0.05, 0) is 13.3 Å². The van der Waals surface area contributed by atoms with Gasteiger partial charge in [0.25, 0.3) is 0 Å². The smallest absolute Gasteiger partial charge is 0.237 e. The van der Waals surface area contributed by atoms with Crippen molar-refractivity contribution in [3.63, 3.8) is 0 Å². The van der Waals surface area contributed by atoms with Gasteiger partial charge in [0.1, 0.15) is 0 Å². The Hall–Kier alpha value is -0.610. The lowest BCUT2D eigenvalue weighted by Crippen LogP contribution is -2.57. The maximum Gasteiger partial charge on any atom is 0.237 e. The number of nitrogens with zero attached hydrogens (tertiary/aromatic N) is 1. The molecule has 0 bridgehead atoms. The van der Waals surface area contributed by atoms with E-state index in [1.165, 1.54) is 0 Å². The number of rotatable bonds is 1. The summed E-state index contributed by atoms with van der Waals surface area (Å²) in [6.45, 7) is 5.00. The molecular weight excluding hydrogens is 168 g/mol. The van der Waals surface area contributed by atoms with Crippen LogP contribution in [0.2, 0.25) is 0 Å². The maximum absolute atomic E-state index is 11.6. The predicted octanol–water partition coefficient (Wildman–Crippen LogP) is -0.404. The molecule has 0 aromatic carbocycles. The van der Waals surface area contributed by atoms with Gasteiger partial charge in [0.05, 0.1) is 19.2 Å². The molecule has 0 unspecified atom stereocenters. The quantitative estimate of drug-likeness (QED) is 0.602. The summed E-state index contributed by atoms with van der Waals surface area (Å²) in [5.74, 6) is 0.217. The first kappa shape index (κ1) is 8.97. The Bertz CT molecular complexity index is 202. The van der Waals surface area contributed by atoms with E-state index in [4.69, 9.17) is 4.74 Å². The third kappa shape index (κ3) is 1.69. The fraction of sp³-hybridized carbons (Fsp3) is 0.889. The van der Waals surface area contributed by atoms with Gasteiger partial charge < -0.3 is 15.0 Å². The van der Waals surface area contributed by atoms with Crippen molar-refractivity contribution in [3.8, 4) is 0 Å². The Morgan fingerprint density at radius 1 is 1.62 bits per heavy atom. The normalized spacial score (nSPS) is 35.5. The first-order valence-electron chi connectivity index (χ1n) is 4.88. The Balaban J connectivity index is 2.04. The fourth-order valence-electron chi connectivity index (χ4n) is 2.13. The molecule has 2 heterocycles. The van der Waals surface area contributed by atoms with E-state index in [-0.39, 0.29) is 5.91 Å². The number of amides is 1. The number of nitrogens with one attached hydrogen (secondary N) is 1. The van der Waals surface area contributed by atoms with Crippen molar-refractivity contribution in [1.82, 2.24) is 10.2 Å². The second-order valence-electron chi connectivity index (χ2n) is 3.80. The molecule has 2 fully saturated rings. The highest BCUT2D eigenvalue weighted by molar-refractivity contribution is 5.79. The van der Waals surface area contributed by atoms with Crippen molar-refractivity contribution in [2.45, 2.75) is 25.4 Å². The van der Waals surface area contributed by atoms with E-state index in [0.29, 0.717) is 18.6 Å². The molecular formula is C9H16N2O2. The van der Waals surface area contributed by atoms with Gasteiger partial charge in [-0.15, -0.1) is 0 Å². The van der Waals surface area contributed by atoms with Crippen molar-refractivity contribution < 1.29 is 9.53 Å². The number of hydrogen-bond donors (Lipinski definition) is 1. The summed E-state index contributed by atoms with van der Waals surface area (Å²) in [7, 11) is 0. The van der Waals surface area contributed by atoms with Gasteiger partial charge in [-0.25, -0.2) is 0 Å². The maximum atomic E-state index is 11.6. The van der Waals surface area contributed by atoms with E-state index in [9.17, 15) is 4.79 Å². The van der Waals surface area contributed by atoms with Crippen LogP contribution in [0.4, 0.5) is 0 Å². The number of carbonyl (C=O) groups excluding carboxylic acids is 1. The van der Waals surface area contributed by atoms with Crippen molar-refractivity contribution in [2.24, 2.45) is 0 Å². The molecule has 2 atom stereocenters. The zero-order valence-electron chi connectivity index (χ0n) is 7.95. The molecule has 74 valence electrons. The summed E-state index contributed by atoms with van der Waals surface area (Å²) < 4.78 is 5.29. The number of carbonyl (C=O) groups is 1. The van der Waals surface area contributed by atoms with Gasteiger partial charge in [-0.1, -0.05) is 0 Å². The van der Waals surface area contributed by atoms with Crippen LogP contribution in [0.25, 0.3) is 0 Å². The van der Waals surface area contributed by atoms with Gasteiger partial charge in [0.15, 0.2) is 0 Å². The van der Waals surface area contributed by atoms with Gasteiger partial charge in [-0.3, -0.25) is 4.79 Å². The molecule has 4 heteroatoms. The van der Waals surface area contributed by atoms with Crippen molar-refractivity contribution >= 4 is 5.91 Å². The van der Waals surface area contributed by atoms with E-state index in [0.717, 1.165) is 26.2 Å². The lowest BCUT2D eigenvalue weighted by Gasteiger charge is -2.37. The van der Waals surface area contributed by atoms with Gasteiger partial charge >= 0.3 is 0 Å². The summed E-state index contributed by atoms with van der Waals surface area (Å²) in [5.41, 5.74) is 0. The highest BCUT2D eigenvalue weighted by Gasteiger charge is 2.32. The minimum absolute atomic E-state index is 0.217. The van der Waals surface area contributed by atoms with Crippen LogP contribution in [0.1, 0.15) is 13.3 Å². The van der Waals surface area contributed by atoms with Crippen LogP contribution >= 0.6 is 0 Å². The molecule has 2 saturated heterocycles. The van der Waals surface area contributed by atoms with E-state index >= 15 is 0 Å². The van der Waals surface area contributed by atoms with E-state index in [2.05, 4.69) is 12.2 Å². The zero-order valence-corrected chi connectivity index (χ0v) is 7.95. The molecule has 0 aromatic rings. The molecule has 0 aliphatic carbocycles. The standard InChI is InChI=1S/C9H16N2O2/c1-7-4-10-5-9(12)11(7)8-2-3-13-6-8/h7-8,10H,2-6H2,1H3/t7-,8+/m1/s1. The highest BCUT2D eigenvalue weighted by Crippen LogP contribution is 2.17. The lowest BCUT2D eigenvalue weighted by atomic mass is 10.1. The Morgan fingerprint density at radius 2 is 2.46 bits per heavy atom. The van der Waals surface area contributed by atoms with Gasteiger partial charge in [0, 0.05) is 19.2 Å². The van der Waals surface area contributed by atoms with E-state index in [1.54, 1.807) is 0 Å². The van der Waals surface area contributed by atoms with Crippen LogP contribution in [-0.2, 0) is 9.53 Å². The molecule has 1 N–H and O–H groups in total. The first-order chi connectivity index (χ1) is 6.29. The Morgan fingerprint density at radius 3 is 3.08 bits per heavy atom. The molecule has 0 saturated carbocycles. The molecule has 0 spiro atoms. The van der Waals surface area contributed by atoms with Crippen molar-refractivity contribution in [3.05, 3.63) is 0 Å². The third-order valence-electron chi connectivity index (χ3n) is 2.78. The Labute approximate surface area is 78.2 Å². The zero-order chi connectivity index (χ0) is 9.26. The summed E-state index contributed by atoms with van der Waals surface area (Å²) in [6, 6.07) is 0.637. The summed E-state index contributed by atoms with van der Waals surface area (Å²) in [6.07, 6.45) is 0.996. The molecule has 4 nitrogen and oxygen atoms in total.